The summed E-state index contributed by atoms with van der Waals surface area (Å²) in [5.74, 6) is 3.60. The normalized spacial score (nSPS) is 13.2. The molecule has 2 aromatic rings. The number of aromatic nitrogens is 1. The van der Waals surface area contributed by atoms with Gasteiger partial charge in [-0.1, -0.05) is 5.92 Å². The van der Waals surface area contributed by atoms with Crippen molar-refractivity contribution >= 4 is 17.8 Å². The van der Waals surface area contributed by atoms with Crippen molar-refractivity contribution in [2.75, 3.05) is 7.05 Å². The zero-order valence-electron chi connectivity index (χ0n) is 16.4. The van der Waals surface area contributed by atoms with Crippen LogP contribution in [0.2, 0.25) is 0 Å². The number of carbonyl (C=O) groups excluding carboxylic acids is 3. The summed E-state index contributed by atoms with van der Waals surface area (Å²) >= 11 is 0. The number of oxazole rings is 1. The van der Waals surface area contributed by atoms with E-state index in [1.165, 1.54) is 49.4 Å². The van der Waals surface area contributed by atoms with Gasteiger partial charge in [0.1, 0.15) is 11.6 Å². The molecule has 0 spiro atoms. The Labute approximate surface area is 175 Å². The average molecular weight is 435 g/mol. The van der Waals surface area contributed by atoms with Gasteiger partial charge < -0.3 is 20.4 Å². The Morgan fingerprint density at radius 2 is 1.87 bits per heavy atom. The number of nitrogens with one attached hydrogen (secondary N) is 4. The third-order valence-corrected chi connectivity index (χ3v) is 4.22. The van der Waals surface area contributed by atoms with Crippen LogP contribution in [0.5, 0.6) is 0 Å². The summed E-state index contributed by atoms with van der Waals surface area (Å²) < 4.78 is 32.5. The summed E-state index contributed by atoms with van der Waals surface area (Å²) in [5, 5.41) is 15.1. The molecule has 31 heavy (non-hydrogen) atoms. The standard InChI is InChI=1S/C19H19F2N5O5/c1-19(17(20)21,25-18(29)22-2)14(16(28)26-30)24-15(27)12-6-3-11(4-7-12)5-8-13-9-23-10-31-13/h3-4,6-7,9-10,14,17,30H,1-2H3,(H,24,27)(H,26,28)(H2,22,25,29)/t14-,19?/m1/s1. The van der Waals surface area contributed by atoms with Gasteiger partial charge in [0, 0.05) is 18.2 Å². The number of alkyl halides is 2. The van der Waals surface area contributed by atoms with Gasteiger partial charge in [0.2, 0.25) is 0 Å². The molecule has 0 aliphatic heterocycles. The molecular formula is C19H19F2N5O5. The van der Waals surface area contributed by atoms with Crippen LogP contribution in [0.3, 0.4) is 0 Å². The second-order valence-electron chi connectivity index (χ2n) is 6.36. The van der Waals surface area contributed by atoms with E-state index in [1.807, 2.05) is 5.32 Å². The van der Waals surface area contributed by atoms with Crippen molar-refractivity contribution < 1.29 is 32.8 Å². The number of nitrogens with zero attached hydrogens (tertiary/aromatic N) is 1. The summed E-state index contributed by atoms with van der Waals surface area (Å²) in [6.45, 7) is 0.856. The first-order valence-corrected chi connectivity index (χ1v) is 8.74. The summed E-state index contributed by atoms with van der Waals surface area (Å²) in [4.78, 5) is 39.9. The van der Waals surface area contributed by atoms with Crippen molar-refractivity contribution in [1.29, 1.82) is 0 Å². The van der Waals surface area contributed by atoms with Crippen LogP contribution >= 0.6 is 0 Å². The SMILES string of the molecule is CNC(=O)NC(C)(C(F)F)[C@H](NC(=O)c1ccc(C#Cc2cnco2)cc1)C(=O)NO. The van der Waals surface area contributed by atoms with Crippen LogP contribution in [-0.4, -0.2) is 53.1 Å². The molecule has 0 aliphatic carbocycles. The zero-order valence-corrected chi connectivity index (χ0v) is 16.4. The quantitative estimate of drug-likeness (QED) is 0.256. The van der Waals surface area contributed by atoms with Crippen molar-refractivity contribution in [2.45, 2.75) is 24.9 Å². The van der Waals surface area contributed by atoms with Crippen LogP contribution in [0.15, 0.2) is 41.3 Å². The number of carbonyl (C=O) groups is 3. The van der Waals surface area contributed by atoms with E-state index in [4.69, 9.17) is 9.62 Å². The van der Waals surface area contributed by atoms with E-state index in [1.54, 1.807) is 0 Å². The van der Waals surface area contributed by atoms with Gasteiger partial charge in [-0.25, -0.2) is 24.0 Å². The predicted octanol–water partition coefficient (Wildman–Crippen LogP) is 0.631. The van der Waals surface area contributed by atoms with Gasteiger partial charge in [0.15, 0.2) is 12.2 Å². The Morgan fingerprint density at radius 1 is 1.19 bits per heavy atom. The van der Waals surface area contributed by atoms with Gasteiger partial charge >= 0.3 is 6.03 Å². The highest BCUT2D eigenvalue weighted by atomic mass is 19.3. The first-order chi connectivity index (χ1) is 14.7. The number of rotatable bonds is 6. The fourth-order valence-corrected chi connectivity index (χ4v) is 2.44. The van der Waals surface area contributed by atoms with Gasteiger partial charge in [0.25, 0.3) is 18.2 Å². The maximum atomic E-state index is 13.8. The van der Waals surface area contributed by atoms with E-state index < -0.39 is 35.9 Å². The van der Waals surface area contributed by atoms with E-state index >= 15 is 0 Å². The maximum absolute atomic E-state index is 13.8. The van der Waals surface area contributed by atoms with Gasteiger partial charge in [-0.3, -0.25) is 14.8 Å². The summed E-state index contributed by atoms with van der Waals surface area (Å²) in [6, 6.07) is 2.69. The monoisotopic (exact) mass is 435 g/mol. The Balaban J connectivity index is 2.23. The molecule has 12 heteroatoms. The number of hydrogen-bond acceptors (Lipinski definition) is 6. The molecule has 0 radical (unpaired) electrons. The average Bonchev–Trinajstić information content (AvgIpc) is 3.29. The lowest BCUT2D eigenvalue weighted by atomic mass is 9.91. The smallest absolute Gasteiger partial charge is 0.315 e. The summed E-state index contributed by atoms with van der Waals surface area (Å²) in [5.41, 5.74) is -0.765. The molecular weight excluding hydrogens is 416 g/mol. The van der Waals surface area contributed by atoms with Crippen molar-refractivity contribution in [2.24, 2.45) is 0 Å². The highest BCUT2D eigenvalue weighted by Gasteiger charge is 2.48. The molecule has 2 atom stereocenters. The molecule has 0 aliphatic rings. The summed E-state index contributed by atoms with van der Waals surface area (Å²) in [7, 11) is 1.19. The third kappa shape index (κ3) is 5.77. The van der Waals surface area contributed by atoms with Crippen molar-refractivity contribution in [3.63, 3.8) is 0 Å². The molecule has 4 amide bonds. The second-order valence-corrected chi connectivity index (χ2v) is 6.36. The second kappa shape index (κ2) is 10.2. The Kier molecular flexibility index (Phi) is 7.64. The van der Waals surface area contributed by atoms with Crippen LogP contribution in [0.1, 0.15) is 28.6 Å². The molecule has 0 saturated heterocycles. The molecule has 0 saturated carbocycles. The molecule has 1 unspecified atom stereocenters. The zero-order chi connectivity index (χ0) is 23.0. The lowest BCUT2D eigenvalue weighted by Crippen LogP contribution is -2.69. The van der Waals surface area contributed by atoms with E-state index in [-0.39, 0.29) is 5.56 Å². The Bertz CT molecular complexity index is 985. The number of hydroxylamine groups is 1. The molecule has 1 heterocycles. The maximum Gasteiger partial charge on any atom is 0.315 e. The topological polar surface area (TPSA) is 146 Å². The minimum Gasteiger partial charge on any atom is -0.435 e. The van der Waals surface area contributed by atoms with Gasteiger partial charge in [-0.05, 0) is 37.1 Å². The van der Waals surface area contributed by atoms with E-state index in [0.29, 0.717) is 11.3 Å². The Morgan fingerprint density at radius 3 is 2.39 bits per heavy atom. The minimum atomic E-state index is -3.28. The highest BCUT2D eigenvalue weighted by Crippen LogP contribution is 2.21. The molecule has 164 valence electrons. The lowest BCUT2D eigenvalue weighted by molar-refractivity contribution is -0.135. The van der Waals surface area contributed by atoms with Crippen molar-refractivity contribution in [3.8, 4) is 11.8 Å². The highest BCUT2D eigenvalue weighted by molar-refractivity contribution is 5.98. The van der Waals surface area contributed by atoms with Crippen LogP contribution in [0.25, 0.3) is 0 Å². The number of halogens is 2. The van der Waals surface area contributed by atoms with E-state index in [0.717, 1.165) is 6.92 Å². The summed E-state index contributed by atoms with van der Waals surface area (Å²) in [6.07, 6.45) is -0.627. The molecule has 5 N–H and O–H groups in total. The van der Waals surface area contributed by atoms with Crippen LogP contribution in [-0.2, 0) is 4.79 Å². The van der Waals surface area contributed by atoms with Crippen molar-refractivity contribution in [3.05, 3.63) is 53.7 Å². The van der Waals surface area contributed by atoms with E-state index in [2.05, 4.69) is 27.5 Å². The third-order valence-electron chi connectivity index (χ3n) is 4.22. The fourth-order valence-electron chi connectivity index (χ4n) is 2.44. The van der Waals surface area contributed by atoms with Gasteiger partial charge in [-0.15, -0.1) is 0 Å². The first-order valence-electron chi connectivity index (χ1n) is 8.74. The molecule has 1 aromatic carbocycles. The van der Waals surface area contributed by atoms with Crippen molar-refractivity contribution in [1.82, 2.24) is 26.4 Å². The lowest BCUT2D eigenvalue weighted by Gasteiger charge is -2.36. The van der Waals surface area contributed by atoms with Crippen LogP contribution in [0.4, 0.5) is 13.6 Å². The fraction of sp³-hybridized carbons (Fsp3) is 0.263. The van der Waals surface area contributed by atoms with Crippen LogP contribution in [0, 0.1) is 11.8 Å². The van der Waals surface area contributed by atoms with Gasteiger partial charge in [-0.2, -0.15) is 0 Å². The molecule has 2 rings (SSSR count). The molecule has 1 aromatic heterocycles. The molecule has 0 bridgehead atoms. The number of amides is 4. The number of hydrogen-bond donors (Lipinski definition) is 5. The molecule has 10 nitrogen and oxygen atoms in total. The predicted molar refractivity (Wildman–Crippen MR) is 102 cm³/mol. The number of benzene rings is 1. The van der Waals surface area contributed by atoms with E-state index in [9.17, 15) is 23.2 Å². The largest absolute Gasteiger partial charge is 0.435 e. The van der Waals surface area contributed by atoms with Gasteiger partial charge in [0.05, 0.1) is 6.20 Å². The molecule has 0 fully saturated rings. The minimum absolute atomic E-state index is 0.0255. The number of urea groups is 1. The van der Waals surface area contributed by atoms with Crippen LogP contribution < -0.4 is 21.4 Å². The Hall–Kier alpha value is -3.98. The first kappa shape index (κ1) is 23.3.